The van der Waals surface area contributed by atoms with Gasteiger partial charge in [-0.3, -0.25) is 14.3 Å². The van der Waals surface area contributed by atoms with Crippen molar-refractivity contribution in [2.24, 2.45) is 0 Å². The molecule has 1 aliphatic carbocycles. The highest BCUT2D eigenvalue weighted by molar-refractivity contribution is 7.44. The number of hydrogen-bond acceptors (Lipinski definition) is 11. The lowest BCUT2D eigenvalue weighted by Gasteiger charge is -2.36. The molecule has 5 aromatic carbocycles. The van der Waals surface area contributed by atoms with Gasteiger partial charge in [-0.05, 0) is 100 Å². The van der Waals surface area contributed by atoms with Crippen LogP contribution in [0.25, 0.3) is 4.85 Å². The fourth-order valence-corrected chi connectivity index (χ4v) is 10.7. The number of aliphatic hydroxyl groups is 1. The maximum atomic E-state index is 12.9. The van der Waals surface area contributed by atoms with Crippen LogP contribution in [0, 0.1) is 30.3 Å². The first-order valence-corrected chi connectivity index (χ1v) is 26.3. The van der Waals surface area contributed by atoms with Crippen LogP contribution in [-0.4, -0.2) is 92.2 Å². The zero-order valence-electron chi connectivity index (χ0n) is 49.5. The third-order valence-electron chi connectivity index (χ3n) is 12.9. The van der Waals surface area contributed by atoms with Crippen LogP contribution in [0.5, 0.6) is 11.5 Å². The number of rotatable bonds is 16. The van der Waals surface area contributed by atoms with Gasteiger partial charge < -0.3 is 43.3 Å². The third kappa shape index (κ3) is 15.6. The summed E-state index contributed by atoms with van der Waals surface area (Å²) in [5.74, 6) is 13.6. The molecule has 1 aliphatic heterocycles. The highest BCUT2D eigenvalue weighted by atomic mass is 31.2. The Morgan fingerprint density at radius 1 is 0.974 bits per heavy atom. The summed E-state index contributed by atoms with van der Waals surface area (Å²) in [6, 6.07) is 42.6. The van der Waals surface area contributed by atoms with Crippen LogP contribution in [0.4, 0.5) is 4.79 Å². The second-order valence-corrected chi connectivity index (χ2v) is 19.8. The Balaban J connectivity index is 0.000000339. The Morgan fingerprint density at radius 3 is 2.15 bits per heavy atom. The molecule has 16 heteroatoms. The fraction of sp³-hybridized carbons (Fsp3) is 0.355. The minimum absolute atomic E-state index is 0.00944. The van der Waals surface area contributed by atoms with E-state index in [0.29, 0.717) is 6.42 Å². The Labute approximate surface area is 466 Å². The number of carbonyl (C=O) groups excluding carboxylic acids is 1. The molecule has 410 valence electrons. The summed E-state index contributed by atoms with van der Waals surface area (Å²) in [6.07, 6.45) is -1.40. The standard InChI is InChI=1S/C38H42N5O7P.C22H22O2.CH4O.CH4/c1-25(2)43(26(3)4)51(47-21-20-39-6)50-33-23-35(48-27(33)5)42-24-31(36(44)41-37(42)45)15-11-19-40-38(46)49-34-22-30-14-8-7-12-28(30)17-18-29-13-9-10-16-32(29)34;1-22(17-7-5-4-6-8-17,18-9-13-20(23-2)14-10-18)19-11-15-21(24-3)16-12-19;1-2;/h7-10,12-14,16,24-27,33-35H,19-23H2,1-5H3,(H,40,46)(H,41,44,45);4-16H,1-3H3;2H,1H3;1H4/t27-,33?,34?,35-,51?;;;/m1.../s1/i5D;;2T;1TD. The van der Waals surface area contributed by atoms with Gasteiger partial charge in [0, 0.05) is 64.4 Å². The van der Waals surface area contributed by atoms with E-state index in [1.54, 1.807) is 14.2 Å². The number of aliphatic hydroxyl groups excluding tert-OH is 1. The number of carbonyl (C=O) groups is 1. The number of benzene rings is 5. The van der Waals surface area contributed by atoms with Crippen molar-refractivity contribution in [1.82, 2.24) is 19.5 Å². The van der Waals surface area contributed by atoms with Crippen molar-refractivity contribution in [1.29, 1.82) is 1.43 Å². The van der Waals surface area contributed by atoms with E-state index >= 15 is 0 Å². The molecule has 78 heavy (non-hydrogen) atoms. The van der Waals surface area contributed by atoms with E-state index in [0.717, 1.165) is 33.8 Å². The Kier molecular flexibility index (Phi) is 21.1. The van der Waals surface area contributed by atoms with Crippen molar-refractivity contribution < 1.29 is 42.0 Å². The van der Waals surface area contributed by atoms with Gasteiger partial charge in [-0.1, -0.05) is 122 Å². The van der Waals surface area contributed by atoms with E-state index < -0.39 is 50.4 Å². The van der Waals surface area contributed by atoms with Gasteiger partial charge in [-0.15, -0.1) is 0 Å². The molecular weight excluding hydrogens is 1010 g/mol. The van der Waals surface area contributed by atoms with Gasteiger partial charge in [0.05, 0.1) is 33.0 Å². The normalized spacial score (nSPS) is 17.0. The van der Waals surface area contributed by atoms with E-state index in [-0.39, 0.29) is 63.5 Å². The maximum Gasteiger partial charge on any atom is 0.408 e. The molecule has 2 heterocycles. The number of H-pyrrole nitrogens is 1. The molecular formula is C62H72N5O10P. The number of fused-ring (bicyclic) bond motifs is 2. The summed E-state index contributed by atoms with van der Waals surface area (Å²) in [7, 11) is 2.82. The molecule has 0 spiro atoms. The summed E-state index contributed by atoms with van der Waals surface area (Å²) in [6.45, 7) is 17.6. The summed E-state index contributed by atoms with van der Waals surface area (Å²) in [5.41, 5.74) is 5.47. The van der Waals surface area contributed by atoms with Crippen molar-refractivity contribution in [3.8, 4) is 35.2 Å². The van der Waals surface area contributed by atoms with Crippen LogP contribution >= 0.6 is 8.53 Å². The number of alkyl carbamates (subject to hydrolysis) is 1. The highest BCUT2D eigenvalue weighted by Crippen LogP contribution is 2.50. The molecule has 0 saturated carbocycles. The van der Waals surface area contributed by atoms with E-state index in [1.165, 1.54) is 34.6 Å². The predicted molar refractivity (Wildman–Crippen MR) is 306 cm³/mol. The van der Waals surface area contributed by atoms with Crippen LogP contribution in [0.2, 0.25) is 0 Å². The monoisotopic (exact) mass is 1080 g/mol. The summed E-state index contributed by atoms with van der Waals surface area (Å²) >= 11 is 0. The van der Waals surface area contributed by atoms with Gasteiger partial charge in [-0.2, -0.15) is 0 Å². The molecule has 8 rings (SSSR count). The van der Waals surface area contributed by atoms with Crippen LogP contribution in [-0.2, 0) is 30.4 Å². The second kappa shape index (κ2) is 29.9. The third-order valence-corrected chi connectivity index (χ3v) is 15.0. The number of hydrogen-bond donors (Lipinski definition) is 3. The topological polar surface area (TPSA) is 167 Å². The first kappa shape index (κ1) is 55.3. The molecule has 1 fully saturated rings. The number of amides is 1. The Morgan fingerprint density at radius 2 is 1.55 bits per heavy atom. The minimum Gasteiger partial charge on any atom is -0.497 e. The molecule has 1 amide bonds. The zero-order chi connectivity index (χ0) is 59.6. The van der Waals surface area contributed by atoms with E-state index in [4.69, 9.17) is 40.1 Å². The SMILES string of the molecule is COc1ccc(C(C)(c2ccccc2)c2ccc(OC)cc2)cc1.[2H]C[3H].[2H]C[C@H]1O[C@@H](n2cc(C#CCNC(=O)OC3Cc4ccccc4C#Cc4ccccc43)c(=O)[nH]c2=O)CC1OP(OCC[N+]#[C-])N(C(C)C)C(C)C.[3H]OC. The van der Waals surface area contributed by atoms with Gasteiger partial charge in [0.25, 0.3) is 14.1 Å². The largest absolute Gasteiger partial charge is 0.497 e. The molecule has 2 aliphatic rings. The van der Waals surface area contributed by atoms with Gasteiger partial charge in [0.15, 0.2) is 0 Å². The number of nitrogens with zero attached hydrogens (tertiary/aromatic N) is 3. The van der Waals surface area contributed by atoms with Gasteiger partial charge in [0.2, 0.25) is 7.98 Å². The number of aromatic amines is 1. The van der Waals surface area contributed by atoms with Gasteiger partial charge in [0.1, 0.15) is 36.0 Å². The first-order valence-electron chi connectivity index (χ1n) is 27.7. The predicted octanol–water partition coefficient (Wildman–Crippen LogP) is 10.6. The smallest absolute Gasteiger partial charge is 0.408 e. The number of methoxy groups -OCH3 is 2. The minimum atomic E-state index is -1.60. The molecule has 3 N–H and O–H groups in total. The van der Waals surface area contributed by atoms with Gasteiger partial charge in [-0.25, -0.2) is 20.8 Å². The van der Waals surface area contributed by atoms with E-state index in [9.17, 15) is 14.4 Å². The molecule has 6 aromatic rings. The van der Waals surface area contributed by atoms with E-state index in [2.05, 4.69) is 104 Å². The lowest BCUT2D eigenvalue weighted by atomic mass is 9.71. The highest BCUT2D eigenvalue weighted by Gasteiger charge is 2.40. The molecule has 5 atom stereocenters. The van der Waals surface area contributed by atoms with Crippen molar-refractivity contribution in [2.45, 2.75) is 104 Å². The van der Waals surface area contributed by atoms with E-state index in [1.807, 2.05) is 107 Å². The lowest BCUT2D eigenvalue weighted by molar-refractivity contribution is -0.00873. The second-order valence-electron chi connectivity index (χ2n) is 18.4. The molecule has 3 unspecified atom stereocenters. The van der Waals surface area contributed by atoms with Crippen LogP contribution in [0.15, 0.2) is 143 Å². The molecule has 0 bridgehead atoms. The molecule has 0 radical (unpaired) electrons. The van der Waals surface area contributed by atoms with Crippen molar-refractivity contribution in [3.63, 3.8) is 0 Å². The average molecular weight is 1080 g/mol. The fourth-order valence-electron chi connectivity index (χ4n) is 8.99. The van der Waals surface area contributed by atoms with Crippen molar-refractivity contribution in [2.75, 3.05) is 41.0 Å². The quantitative estimate of drug-likeness (QED) is 0.0277. The Bertz CT molecular complexity index is 3190. The summed E-state index contributed by atoms with van der Waals surface area (Å²) < 4.78 is 63.9. The molecule has 1 saturated heterocycles. The number of aromatic nitrogens is 2. The number of nitrogens with one attached hydrogen (secondary N) is 2. The number of ether oxygens (including phenoxy) is 4. The summed E-state index contributed by atoms with van der Waals surface area (Å²) in [4.78, 5) is 44.2. The summed E-state index contributed by atoms with van der Waals surface area (Å²) in [5, 5.41) is 6.13. The average Bonchev–Trinajstić information content (AvgIpc) is 4.06. The van der Waals surface area contributed by atoms with Gasteiger partial charge >= 0.3 is 11.8 Å². The lowest BCUT2D eigenvalue weighted by Crippen LogP contribution is -2.35. The molecule has 1 aromatic heterocycles. The maximum absolute atomic E-state index is 12.9. The van der Waals surface area contributed by atoms with Crippen LogP contribution < -0.4 is 26.0 Å². The first-order chi connectivity index (χ1) is 39.6. The van der Waals surface area contributed by atoms with Crippen LogP contribution in [0.1, 0.15) is 116 Å². The zero-order valence-corrected chi connectivity index (χ0v) is 46.4. The molecule has 15 nitrogen and oxygen atoms in total. The van der Waals surface area contributed by atoms with Crippen LogP contribution in [0.3, 0.4) is 0 Å². The Hall–Kier alpha value is -7.51. The van der Waals surface area contributed by atoms with Crippen molar-refractivity contribution >= 4 is 14.6 Å². The van der Waals surface area contributed by atoms with Crippen molar-refractivity contribution in [3.05, 3.63) is 210 Å².